The molecule has 0 saturated heterocycles. The van der Waals surface area contributed by atoms with E-state index in [1.165, 1.54) is 25.3 Å². The highest BCUT2D eigenvalue weighted by molar-refractivity contribution is 6.29. The molecule has 1 rings (SSSR count). The molecule has 0 aliphatic heterocycles. The highest BCUT2D eigenvalue weighted by Gasteiger charge is 2.17. The van der Waals surface area contributed by atoms with E-state index in [4.69, 9.17) is 11.6 Å². The first-order valence-corrected chi connectivity index (χ1v) is 4.06. The summed E-state index contributed by atoms with van der Waals surface area (Å²) in [5.41, 5.74) is 0.397. The molecule has 4 heteroatoms. The zero-order valence-electron chi connectivity index (χ0n) is 6.96. The second-order valence-electron chi connectivity index (χ2n) is 2.44. The summed E-state index contributed by atoms with van der Waals surface area (Å²) in [6.07, 6.45) is 0. The molecule has 1 aromatic carbocycles. The third-order valence-electron chi connectivity index (χ3n) is 1.55. The van der Waals surface area contributed by atoms with Gasteiger partial charge in [-0.1, -0.05) is 12.1 Å². The van der Waals surface area contributed by atoms with E-state index in [-0.39, 0.29) is 0 Å². The second-order valence-corrected chi connectivity index (χ2v) is 2.88. The van der Waals surface area contributed by atoms with Crippen LogP contribution in [0, 0.1) is 5.82 Å². The molecule has 0 N–H and O–H groups in total. The second kappa shape index (κ2) is 4.23. The molecule has 1 aromatic rings. The van der Waals surface area contributed by atoms with Crippen molar-refractivity contribution in [3.8, 4) is 0 Å². The van der Waals surface area contributed by atoms with E-state index in [2.05, 4.69) is 4.74 Å². The van der Waals surface area contributed by atoms with Crippen LogP contribution in [0.25, 0.3) is 0 Å². The van der Waals surface area contributed by atoms with Crippen LogP contribution < -0.4 is 0 Å². The van der Waals surface area contributed by atoms with Gasteiger partial charge in [-0.25, -0.2) is 4.39 Å². The van der Waals surface area contributed by atoms with Gasteiger partial charge in [-0.3, -0.25) is 4.79 Å². The predicted octanol–water partition coefficient (Wildman–Crippen LogP) is 2.28. The summed E-state index contributed by atoms with van der Waals surface area (Å²) >= 11 is 5.69. The fraction of sp³-hybridized carbons (Fsp3) is 0.222. The lowest BCUT2D eigenvalue weighted by molar-refractivity contribution is -0.140. The Kier molecular flexibility index (Phi) is 3.25. The minimum absolute atomic E-state index is 0.397. The maximum absolute atomic E-state index is 12.7. The molecule has 0 aromatic heterocycles. The molecule has 70 valence electrons. The number of carbonyl (C=O) groups excluding carboxylic acids is 1. The quantitative estimate of drug-likeness (QED) is 0.543. The molecule has 2 nitrogen and oxygen atoms in total. The van der Waals surface area contributed by atoms with Crippen LogP contribution in [-0.4, -0.2) is 13.1 Å². The smallest absolute Gasteiger partial charge is 0.328 e. The van der Waals surface area contributed by atoms with Gasteiger partial charge < -0.3 is 4.74 Å². The van der Waals surface area contributed by atoms with E-state index >= 15 is 0 Å². The van der Waals surface area contributed by atoms with Gasteiger partial charge in [0.1, 0.15) is 5.82 Å². The van der Waals surface area contributed by atoms with Crippen LogP contribution in [0.4, 0.5) is 4.39 Å². The summed E-state index contributed by atoms with van der Waals surface area (Å²) in [5.74, 6) is -1.01. The summed E-state index contributed by atoms with van der Waals surface area (Å²) in [6.45, 7) is 0. The molecule has 0 radical (unpaired) electrons. The Morgan fingerprint density at radius 1 is 1.62 bits per heavy atom. The normalized spacial score (nSPS) is 12.2. The zero-order chi connectivity index (χ0) is 9.84. The lowest BCUT2D eigenvalue weighted by Gasteiger charge is -2.06. The number of benzene rings is 1. The van der Waals surface area contributed by atoms with E-state index in [0.29, 0.717) is 5.56 Å². The number of ether oxygens (including phenoxy) is 1. The van der Waals surface area contributed by atoms with Gasteiger partial charge in [0.15, 0.2) is 5.38 Å². The molecule has 0 unspecified atom stereocenters. The van der Waals surface area contributed by atoms with Crippen molar-refractivity contribution in [1.82, 2.24) is 0 Å². The Balaban J connectivity index is 2.88. The summed E-state index contributed by atoms with van der Waals surface area (Å²) in [6, 6.07) is 5.54. The van der Waals surface area contributed by atoms with Crippen molar-refractivity contribution in [2.45, 2.75) is 5.38 Å². The summed E-state index contributed by atoms with van der Waals surface area (Å²) in [5, 5.41) is -0.944. The van der Waals surface area contributed by atoms with Crippen LogP contribution >= 0.6 is 11.6 Å². The van der Waals surface area contributed by atoms with Gasteiger partial charge in [0.2, 0.25) is 0 Å². The SMILES string of the molecule is COC(=O)[C@H](Cl)c1cccc(F)c1. The molecule has 0 fully saturated rings. The summed E-state index contributed by atoms with van der Waals surface area (Å²) in [7, 11) is 1.23. The molecule has 0 aliphatic carbocycles. The van der Waals surface area contributed by atoms with Gasteiger partial charge >= 0.3 is 5.97 Å². The molecule has 0 amide bonds. The fourth-order valence-electron chi connectivity index (χ4n) is 0.904. The van der Waals surface area contributed by atoms with Crippen LogP contribution in [-0.2, 0) is 9.53 Å². The largest absolute Gasteiger partial charge is 0.468 e. The molecule has 0 spiro atoms. The molecular weight excluding hydrogens is 195 g/mol. The molecule has 13 heavy (non-hydrogen) atoms. The maximum Gasteiger partial charge on any atom is 0.328 e. The van der Waals surface area contributed by atoms with Crippen molar-refractivity contribution in [3.63, 3.8) is 0 Å². The van der Waals surface area contributed by atoms with E-state index in [1.807, 2.05) is 0 Å². The number of rotatable bonds is 2. The molecule has 0 heterocycles. The van der Waals surface area contributed by atoms with Gasteiger partial charge in [-0.05, 0) is 17.7 Å². The molecule has 0 aliphatic rings. The third-order valence-corrected chi connectivity index (χ3v) is 1.98. The fourth-order valence-corrected chi connectivity index (χ4v) is 1.13. The highest BCUT2D eigenvalue weighted by atomic mass is 35.5. The van der Waals surface area contributed by atoms with Crippen LogP contribution in [0.5, 0.6) is 0 Å². The first-order valence-electron chi connectivity index (χ1n) is 3.62. The first kappa shape index (κ1) is 9.99. The minimum Gasteiger partial charge on any atom is -0.468 e. The Morgan fingerprint density at radius 2 is 2.31 bits per heavy atom. The zero-order valence-corrected chi connectivity index (χ0v) is 7.72. The monoisotopic (exact) mass is 202 g/mol. The maximum atomic E-state index is 12.7. The lowest BCUT2D eigenvalue weighted by Crippen LogP contribution is -2.08. The summed E-state index contributed by atoms with van der Waals surface area (Å²) in [4.78, 5) is 10.9. The molecular formula is C9H8ClFO2. The number of alkyl halides is 1. The van der Waals surface area contributed by atoms with E-state index in [1.54, 1.807) is 6.07 Å². The molecule has 1 atom stereocenters. The van der Waals surface area contributed by atoms with Crippen LogP contribution in [0.1, 0.15) is 10.9 Å². The van der Waals surface area contributed by atoms with Crippen molar-refractivity contribution in [2.75, 3.05) is 7.11 Å². The summed E-state index contributed by atoms with van der Waals surface area (Å²) < 4.78 is 17.1. The van der Waals surface area contributed by atoms with Crippen molar-refractivity contribution in [1.29, 1.82) is 0 Å². The highest BCUT2D eigenvalue weighted by Crippen LogP contribution is 2.21. The number of hydrogen-bond acceptors (Lipinski definition) is 2. The number of halogens is 2. The number of methoxy groups -OCH3 is 1. The van der Waals surface area contributed by atoms with Gasteiger partial charge in [-0.15, -0.1) is 11.6 Å². The van der Waals surface area contributed by atoms with Gasteiger partial charge in [0.25, 0.3) is 0 Å². The lowest BCUT2D eigenvalue weighted by atomic mass is 10.1. The Hall–Kier alpha value is -1.09. The molecule has 0 bridgehead atoms. The number of esters is 1. The Morgan fingerprint density at radius 3 is 2.85 bits per heavy atom. The van der Waals surface area contributed by atoms with Gasteiger partial charge in [0.05, 0.1) is 7.11 Å². The number of hydrogen-bond donors (Lipinski definition) is 0. The Bertz CT molecular complexity index is 314. The van der Waals surface area contributed by atoms with Crippen LogP contribution in [0.2, 0.25) is 0 Å². The van der Waals surface area contributed by atoms with Crippen LogP contribution in [0.3, 0.4) is 0 Å². The average Bonchev–Trinajstić information content (AvgIpc) is 2.15. The Labute approximate surface area is 80.3 Å². The number of carbonyl (C=O) groups is 1. The van der Waals surface area contributed by atoms with Gasteiger partial charge in [-0.2, -0.15) is 0 Å². The minimum atomic E-state index is -0.944. The topological polar surface area (TPSA) is 26.3 Å². The first-order chi connectivity index (χ1) is 6.15. The molecule has 0 saturated carbocycles. The standard InChI is InChI=1S/C9H8ClFO2/c1-13-9(12)8(10)6-3-2-4-7(11)5-6/h2-5,8H,1H3/t8-/m1/s1. The van der Waals surface area contributed by atoms with E-state index < -0.39 is 17.2 Å². The van der Waals surface area contributed by atoms with Crippen molar-refractivity contribution in [2.24, 2.45) is 0 Å². The van der Waals surface area contributed by atoms with Crippen molar-refractivity contribution in [3.05, 3.63) is 35.6 Å². The van der Waals surface area contributed by atoms with Crippen molar-refractivity contribution < 1.29 is 13.9 Å². The third kappa shape index (κ3) is 2.42. The van der Waals surface area contributed by atoms with E-state index in [0.717, 1.165) is 0 Å². The van der Waals surface area contributed by atoms with Crippen molar-refractivity contribution >= 4 is 17.6 Å². The average molecular weight is 203 g/mol. The van der Waals surface area contributed by atoms with Crippen LogP contribution in [0.15, 0.2) is 24.3 Å². The van der Waals surface area contributed by atoms with Gasteiger partial charge in [0, 0.05) is 0 Å². The van der Waals surface area contributed by atoms with E-state index in [9.17, 15) is 9.18 Å². The predicted molar refractivity (Wildman–Crippen MR) is 47.0 cm³/mol.